The summed E-state index contributed by atoms with van der Waals surface area (Å²) in [6, 6.07) is 1.54. The zero-order valence-corrected chi connectivity index (χ0v) is 11.5. The Balaban J connectivity index is 1.48. The fourth-order valence-electron chi connectivity index (χ4n) is 4.41. The van der Waals surface area contributed by atoms with Gasteiger partial charge in [0.15, 0.2) is 0 Å². The van der Waals surface area contributed by atoms with Gasteiger partial charge in [-0.1, -0.05) is 12.8 Å². The van der Waals surface area contributed by atoms with Crippen LogP contribution in [0.1, 0.15) is 44.9 Å². The highest BCUT2D eigenvalue weighted by molar-refractivity contribution is 4.94. The van der Waals surface area contributed by atoms with Crippen LogP contribution in [-0.2, 0) is 0 Å². The maximum Gasteiger partial charge on any atom is 0.0462 e. The number of hydrogen-bond acceptors (Lipinski definition) is 3. The molecular formula is C15H28N2O. The first-order valence-corrected chi connectivity index (χ1v) is 7.97. The molecule has 3 heteroatoms. The Bertz CT molecular complexity index is 271. The van der Waals surface area contributed by atoms with Crippen molar-refractivity contribution in [2.24, 2.45) is 11.8 Å². The average molecular weight is 252 g/mol. The standard InChI is InChI=1S/C15H28N2O/c18-11-13-5-3-4-12(13)10-16-14-7-9-17-8-2-1-6-15(14)17/h12-16,18H,1-11H2. The van der Waals surface area contributed by atoms with Gasteiger partial charge in [0.2, 0.25) is 0 Å². The van der Waals surface area contributed by atoms with Crippen molar-refractivity contribution in [2.75, 3.05) is 26.2 Å². The Kier molecular flexibility index (Phi) is 4.22. The van der Waals surface area contributed by atoms with Crippen LogP contribution in [0.5, 0.6) is 0 Å². The predicted molar refractivity (Wildman–Crippen MR) is 73.5 cm³/mol. The van der Waals surface area contributed by atoms with Gasteiger partial charge in [-0.15, -0.1) is 0 Å². The molecule has 2 saturated heterocycles. The zero-order valence-electron chi connectivity index (χ0n) is 11.5. The van der Waals surface area contributed by atoms with E-state index in [4.69, 9.17) is 0 Å². The largest absolute Gasteiger partial charge is 0.396 e. The number of nitrogens with one attached hydrogen (secondary N) is 1. The second kappa shape index (κ2) is 5.89. The Morgan fingerprint density at radius 2 is 1.83 bits per heavy atom. The molecular weight excluding hydrogens is 224 g/mol. The first-order valence-electron chi connectivity index (χ1n) is 7.97. The molecule has 0 aromatic heterocycles. The van der Waals surface area contributed by atoms with Gasteiger partial charge in [-0.05, 0) is 57.0 Å². The second-order valence-corrected chi connectivity index (χ2v) is 6.54. The molecule has 2 aliphatic heterocycles. The summed E-state index contributed by atoms with van der Waals surface area (Å²) in [4.78, 5) is 2.69. The van der Waals surface area contributed by atoms with E-state index in [1.165, 1.54) is 58.0 Å². The lowest BCUT2D eigenvalue weighted by Crippen LogP contribution is -2.46. The van der Waals surface area contributed by atoms with E-state index in [2.05, 4.69) is 10.2 Å². The van der Waals surface area contributed by atoms with Crippen molar-refractivity contribution in [1.82, 2.24) is 10.2 Å². The summed E-state index contributed by atoms with van der Waals surface area (Å²) < 4.78 is 0. The van der Waals surface area contributed by atoms with E-state index < -0.39 is 0 Å². The summed E-state index contributed by atoms with van der Waals surface area (Å²) >= 11 is 0. The van der Waals surface area contributed by atoms with Crippen molar-refractivity contribution >= 4 is 0 Å². The highest BCUT2D eigenvalue weighted by Gasteiger charge is 2.36. The number of fused-ring (bicyclic) bond motifs is 1. The Hall–Kier alpha value is -0.120. The van der Waals surface area contributed by atoms with E-state index in [1.807, 2.05) is 0 Å². The van der Waals surface area contributed by atoms with Crippen LogP contribution in [0.4, 0.5) is 0 Å². The minimum absolute atomic E-state index is 0.395. The van der Waals surface area contributed by atoms with E-state index >= 15 is 0 Å². The monoisotopic (exact) mass is 252 g/mol. The fourth-order valence-corrected chi connectivity index (χ4v) is 4.41. The van der Waals surface area contributed by atoms with Gasteiger partial charge in [0.05, 0.1) is 0 Å². The highest BCUT2D eigenvalue weighted by atomic mass is 16.3. The number of hydrogen-bond donors (Lipinski definition) is 2. The summed E-state index contributed by atoms with van der Waals surface area (Å²) in [5, 5.41) is 13.2. The normalized spacial score (nSPS) is 41.2. The van der Waals surface area contributed by atoms with Gasteiger partial charge in [0.25, 0.3) is 0 Å². The van der Waals surface area contributed by atoms with Gasteiger partial charge in [-0.2, -0.15) is 0 Å². The summed E-state index contributed by atoms with van der Waals surface area (Å²) in [6.45, 7) is 4.16. The third-order valence-corrected chi connectivity index (χ3v) is 5.55. The SMILES string of the molecule is OCC1CCCC1CNC1CCN2CCCCC12. The lowest BCUT2D eigenvalue weighted by atomic mass is 9.95. The van der Waals surface area contributed by atoms with Gasteiger partial charge in [-0.25, -0.2) is 0 Å². The first kappa shape index (κ1) is 12.9. The molecule has 4 unspecified atom stereocenters. The molecule has 1 saturated carbocycles. The number of aliphatic hydroxyl groups is 1. The third kappa shape index (κ3) is 2.59. The second-order valence-electron chi connectivity index (χ2n) is 6.54. The minimum Gasteiger partial charge on any atom is -0.396 e. The summed E-state index contributed by atoms with van der Waals surface area (Å²) in [5.41, 5.74) is 0. The number of piperidine rings is 1. The van der Waals surface area contributed by atoms with E-state index in [0.29, 0.717) is 12.5 Å². The van der Waals surface area contributed by atoms with Crippen LogP contribution in [0.2, 0.25) is 0 Å². The number of aliphatic hydroxyl groups excluding tert-OH is 1. The number of nitrogens with zero attached hydrogens (tertiary/aromatic N) is 1. The lowest BCUT2D eigenvalue weighted by Gasteiger charge is -2.33. The summed E-state index contributed by atoms with van der Waals surface area (Å²) in [6.07, 6.45) is 9.42. The van der Waals surface area contributed by atoms with Crippen molar-refractivity contribution in [2.45, 2.75) is 57.0 Å². The molecule has 1 aliphatic carbocycles. The van der Waals surface area contributed by atoms with Gasteiger partial charge < -0.3 is 10.4 Å². The van der Waals surface area contributed by atoms with Crippen LogP contribution in [0.3, 0.4) is 0 Å². The van der Waals surface area contributed by atoms with Gasteiger partial charge in [0, 0.05) is 25.2 Å². The summed E-state index contributed by atoms with van der Waals surface area (Å²) in [7, 11) is 0. The molecule has 18 heavy (non-hydrogen) atoms. The smallest absolute Gasteiger partial charge is 0.0462 e. The first-order chi connectivity index (χ1) is 8.88. The van der Waals surface area contributed by atoms with E-state index in [9.17, 15) is 5.11 Å². The molecule has 3 aliphatic rings. The molecule has 4 atom stereocenters. The number of rotatable bonds is 4. The average Bonchev–Trinajstić information content (AvgIpc) is 3.02. The molecule has 104 valence electrons. The van der Waals surface area contributed by atoms with Crippen LogP contribution in [-0.4, -0.2) is 48.3 Å². The van der Waals surface area contributed by atoms with Crippen molar-refractivity contribution < 1.29 is 5.11 Å². The van der Waals surface area contributed by atoms with Crippen LogP contribution in [0.25, 0.3) is 0 Å². The highest BCUT2D eigenvalue weighted by Crippen LogP contribution is 2.32. The topological polar surface area (TPSA) is 35.5 Å². The van der Waals surface area contributed by atoms with Crippen LogP contribution in [0.15, 0.2) is 0 Å². The van der Waals surface area contributed by atoms with E-state index in [1.54, 1.807) is 0 Å². The molecule has 3 nitrogen and oxygen atoms in total. The predicted octanol–water partition coefficient (Wildman–Crippen LogP) is 1.61. The Labute approximate surface area is 111 Å². The van der Waals surface area contributed by atoms with Crippen molar-refractivity contribution in [3.63, 3.8) is 0 Å². The maximum atomic E-state index is 9.38. The van der Waals surface area contributed by atoms with Gasteiger partial charge in [-0.3, -0.25) is 4.90 Å². The third-order valence-electron chi connectivity index (χ3n) is 5.55. The van der Waals surface area contributed by atoms with Crippen molar-refractivity contribution in [3.05, 3.63) is 0 Å². The molecule has 0 radical (unpaired) electrons. The zero-order chi connectivity index (χ0) is 12.4. The minimum atomic E-state index is 0.395. The molecule has 0 bridgehead atoms. The van der Waals surface area contributed by atoms with Crippen LogP contribution < -0.4 is 5.32 Å². The summed E-state index contributed by atoms with van der Waals surface area (Å²) in [5.74, 6) is 1.30. The lowest BCUT2D eigenvalue weighted by molar-refractivity contribution is 0.168. The molecule has 2 heterocycles. The van der Waals surface area contributed by atoms with Gasteiger partial charge >= 0.3 is 0 Å². The maximum absolute atomic E-state index is 9.38. The molecule has 0 spiro atoms. The molecule has 0 amide bonds. The van der Waals surface area contributed by atoms with Crippen LogP contribution >= 0.6 is 0 Å². The molecule has 2 N–H and O–H groups in total. The molecule has 3 fully saturated rings. The Morgan fingerprint density at radius 3 is 2.72 bits per heavy atom. The Morgan fingerprint density at radius 1 is 0.944 bits per heavy atom. The molecule has 0 aromatic carbocycles. The van der Waals surface area contributed by atoms with Crippen molar-refractivity contribution in [3.8, 4) is 0 Å². The van der Waals surface area contributed by atoms with Crippen LogP contribution in [0, 0.1) is 11.8 Å². The van der Waals surface area contributed by atoms with E-state index in [-0.39, 0.29) is 0 Å². The quantitative estimate of drug-likeness (QED) is 0.798. The molecule has 3 rings (SSSR count). The molecule has 0 aromatic rings. The van der Waals surface area contributed by atoms with Crippen molar-refractivity contribution in [1.29, 1.82) is 0 Å². The van der Waals surface area contributed by atoms with Gasteiger partial charge in [0.1, 0.15) is 0 Å². The fraction of sp³-hybridized carbons (Fsp3) is 1.00. The van der Waals surface area contributed by atoms with E-state index in [0.717, 1.165) is 24.5 Å².